The zero-order chi connectivity index (χ0) is 15.0. The number of nitrogens with zero attached hydrogens (tertiary/aromatic N) is 1. The quantitative estimate of drug-likeness (QED) is 0.617. The lowest BCUT2D eigenvalue weighted by Gasteiger charge is -2.44. The van der Waals surface area contributed by atoms with Gasteiger partial charge >= 0.3 is 0 Å². The van der Waals surface area contributed by atoms with Crippen molar-refractivity contribution in [3.05, 3.63) is 41.5 Å². The molecule has 1 heterocycles. The normalized spacial score (nSPS) is 30.3. The smallest absolute Gasteiger partial charge is 0.191 e. The van der Waals surface area contributed by atoms with Crippen molar-refractivity contribution in [3.63, 3.8) is 0 Å². The van der Waals surface area contributed by atoms with E-state index in [9.17, 15) is 14.9 Å². The predicted octanol–water partition coefficient (Wildman–Crippen LogP) is 2.70. The van der Waals surface area contributed by atoms with Crippen LogP contribution in [0, 0.1) is 22.7 Å². The predicted molar refractivity (Wildman–Crippen MR) is 75.8 cm³/mol. The molecule has 0 amide bonds. The van der Waals surface area contributed by atoms with Crippen LogP contribution in [0.4, 0.5) is 0 Å². The molecule has 1 aromatic rings. The first kappa shape index (κ1) is 13.6. The number of hydrogen-bond acceptors (Lipinski definition) is 4. The molecule has 0 fully saturated rings. The lowest BCUT2D eigenvalue weighted by Crippen LogP contribution is -2.54. The topological polar surface area (TPSA) is 67.2 Å². The van der Waals surface area contributed by atoms with Gasteiger partial charge in [0, 0.05) is 18.8 Å². The molecule has 1 aliphatic carbocycles. The molecule has 0 unspecified atom stereocenters. The average molecular weight is 281 g/mol. The van der Waals surface area contributed by atoms with Crippen molar-refractivity contribution in [2.45, 2.75) is 25.9 Å². The zero-order valence-corrected chi connectivity index (χ0v) is 11.7. The lowest BCUT2D eigenvalue weighted by atomic mass is 9.61. The fourth-order valence-corrected chi connectivity index (χ4v) is 3.38. The maximum atomic E-state index is 12.9. The van der Waals surface area contributed by atoms with Gasteiger partial charge in [0.05, 0.1) is 11.6 Å². The van der Waals surface area contributed by atoms with Crippen LogP contribution < -0.4 is 4.74 Å². The maximum absolute atomic E-state index is 12.9. The number of benzene rings is 1. The van der Waals surface area contributed by atoms with E-state index in [2.05, 4.69) is 6.07 Å². The van der Waals surface area contributed by atoms with Crippen molar-refractivity contribution in [3.8, 4) is 11.8 Å². The molecule has 4 heteroatoms. The van der Waals surface area contributed by atoms with Crippen LogP contribution in [-0.2, 0) is 4.79 Å². The number of Topliss-reactive ketones (excluding diaryl/α,β-unsaturated/α-hetero) is 1. The molecular formula is C17H15NO3. The SMILES string of the molecule is CC1=C[C@H](CC=O)[C@@]2(C#N)C(=O)c3ccccc3O[C@H]2C1. The van der Waals surface area contributed by atoms with Crippen molar-refractivity contribution in [1.29, 1.82) is 5.26 Å². The second kappa shape index (κ2) is 4.85. The van der Waals surface area contributed by atoms with Crippen molar-refractivity contribution in [2.24, 2.45) is 11.3 Å². The number of ether oxygens (including phenoxy) is 1. The van der Waals surface area contributed by atoms with E-state index in [4.69, 9.17) is 4.74 Å². The summed E-state index contributed by atoms with van der Waals surface area (Å²) in [5, 5.41) is 9.76. The standard InChI is InChI=1S/C17H15NO3/c1-11-8-12(6-7-19)17(10-18)15(9-11)21-14-5-3-2-4-13(14)16(17)20/h2-5,7-8,12,15H,6,9H2,1H3/t12-,15-,17+/m0/s1. The van der Waals surface area contributed by atoms with Crippen molar-refractivity contribution in [2.75, 3.05) is 0 Å². The summed E-state index contributed by atoms with van der Waals surface area (Å²) >= 11 is 0. The Kier molecular flexibility index (Phi) is 3.13. The van der Waals surface area contributed by atoms with E-state index in [1.54, 1.807) is 24.3 Å². The van der Waals surface area contributed by atoms with Crippen molar-refractivity contribution < 1.29 is 14.3 Å². The van der Waals surface area contributed by atoms with Gasteiger partial charge in [0.2, 0.25) is 0 Å². The van der Waals surface area contributed by atoms with Gasteiger partial charge in [0.1, 0.15) is 18.1 Å². The van der Waals surface area contributed by atoms with Crippen LogP contribution in [0.15, 0.2) is 35.9 Å². The summed E-state index contributed by atoms with van der Waals surface area (Å²) in [5.74, 6) is -0.134. The van der Waals surface area contributed by atoms with Gasteiger partial charge in [0.25, 0.3) is 0 Å². The average Bonchev–Trinajstić information content (AvgIpc) is 2.48. The molecule has 0 N–H and O–H groups in total. The van der Waals surface area contributed by atoms with Crippen LogP contribution in [-0.4, -0.2) is 18.2 Å². The molecule has 0 saturated heterocycles. The summed E-state index contributed by atoms with van der Waals surface area (Å²) in [7, 11) is 0. The minimum atomic E-state index is -1.30. The second-order valence-electron chi connectivity index (χ2n) is 5.64. The minimum Gasteiger partial charge on any atom is -0.487 e. The Morgan fingerprint density at radius 2 is 2.24 bits per heavy atom. The summed E-state index contributed by atoms with van der Waals surface area (Å²) in [6.45, 7) is 1.94. The van der Waals surface area contributed by atoms with Crippen LogP contribution in [0.5, 0.6) is 5.75 Å². The van der Waals surface area contributed by atoms with Gasteiger partial charge in [-0.2, -0.15) is 5.26 Å². The van der Waals surface area contributed by atoms with Crippen molar-refractivity contribution >= 4 is 12.1 Å². The van der Waals surface area contributed by atoms with Gasteiger partial charge in [-0.15, -0.1) is 0 Å². The highest BCUT2D eigenvalue weighted by Crippen LogP contribution is 2.49. The number of allylic oxidation sites excluding steroid dienone is 1. The fourth-order valence-electron chi connectivity index (χ4n) is 3.38. The molecule has 1 aromatic carbocycles. The Labute approximate surface area is 123 Å². The number of ketones is 1. The first-order valence-electron chi connectivity index (χ1n) is 6.96. The van der Waals surface area contributed by atoms with E-state index >= 15 is 0 Å². The van der Waals surface area contributed by atoms with E-state index in [-0.39, 0.29) is 12.2 Å². The Morgan fingerprint density at radius 1 is 1.48 bits per heavy atom. The molecule has 2 aliphatic rings. The summed E-state index contributed by atoms with van der Waals surface area (Å²) in [6.07, 6.45) is 2.80. The van der Waals surface area contributed by atoms with E-state index in [0.717, 1.165) is 11.9 Å². The molecular weight excluding hydrogens is 266 g/mol. The van der Waals surface area contributed by atoms with Crippen molar-refractivity contribution in [1.82, 2.24) is 0 Å². The number of hydrogen-bond donors (Lipinski definition) is 0. The maximum Gasteiger partial charge on any atom is 0.191 e. The van der Waals surface area contributed by atoms with Gasteiger partial charge in [-0.25, -0.2) is 0 Å². The molecule has 21 heavy (non-hydrogen) atoms. The highest BCUT2D eigenvalue weighted by molar-refractivity contribution is 6.06. The summed E-state index contributed by atoms with van der Waals surface area (Å²) < 4.78 is 5.95. The molecule has 4 nitrogen and oxygen atoms in total. The Balaban J connectivity index is 2.19. The number of para-hydroxylation sites is 1. The molecule has 1 aliphatic heterocycles. The van der Waals surface area contributed by atoms with Gasteiger partial charge in [0.15, 0.2) is 11.2 Å². The Morgan fingerprint density at radius 3 is 2.95 bits per heavy atom. The monoisotopic (exact) mass is 281 g/mol. The molecule has 0 spiro atoms. The number of rotatable bonds is 2. The second-order valence-corrected chi connectivity index (χ2v) is 5.64. The molecule has 0 bridgehead atoms. The van der Waals surface area contributed by atoms with Crippen LogP contribution >= 0.6 is 0 Å². The van der Waals surface area contributed by atoms with Gasteiger partial charge in [-0.05, 0) is 19.1 Å². The molecule has 0 aromatic heterocycles. The molecule has 0 radical (unpaired) electrons. The fraction of sp³-hybridized carbons (Fsp3) is 0.353. The number of nitriles is 1. The van der Waals surface area contributed by atoms with Crippen LogP contribution in [0.1, 0.15) is 30.1 Å². The Hall–Kier alpha value is -2.41. The first-order chi connectivity index (χ1) is 10.1. The Bertz CT molecular complexity index is 686. The first-order valence-corrected chi connectivity index (χ1v) is 6.96. The van der Waals surface area contributed by atoms with Crippen LogP contribution in [0.3, 0.4) is 0 Å². The third kappa shape index (κ3) is 1.81. The van der Waals surface area contributed by atoms with E-state index in [0.29, 0.717) is 17.7 Å². The van der Waals surface area contributed by atoms with E-state index in [1.807, 2.05) is 13.0 Å². The summed E-state index contributed by atoms with van der Waals surface area (Å²) in [5.41, 5.74) is 0.179. The number of fused-ring (bicyclic) bond motifs is 2. The summed E-state index contributed by atoms with van der Waals surface area (Å²) in [6, 6.07) is 9.17. The molecule has 3 atom stereocenters. The minimum absolute atomic E-state index is 0.151. The third-order valence-electron chi connectivity index (χ3n) is 4.40. The van der Waals surface area contributed by atoms with Gasteiger partial charge < -0.3 is 9.53 Å². The van der Waals surface area contributed by atoms with Gasteiger partial charge in [-0.1, -0.05) is 23.8 Å². The molecule has 106 valence electrons. The number of carbonyl (C=O) groups is 2. The van der Waals surface area contributed by atoms with Gasteiger partial charge in [-0.3, -0.25) is 4.79 Å². The van der Waals surface area contributed by atoms with E-state index in [1.165, 1.54) is 0 Å². The third-order valence-corrected chi connectivity index (χ3v) is 4.40. The zero-order valence-electron chi connectivity index (χ0n) is 11.7. The van der Waals surface area contributed by atoms with E-state index < -0.39 is 17.4 Å². The van der Waals surface area contributed by atoms with Crippen LogP contribution in [0.2, 0.25) is 0 Å². The lowest BCUT2D eigenvalue weighted by molar-refractivity contribution is -0.109. The van der Waals surface area contributed by atoms with Crippen LogP contribution in [0.25, 0.3) is 0 Å². The highest BCUT2D eigenvalue weighted by Gasteiger charge is 2.57. The number of aldehydes is 1. The molecule has 3 rings (SSSR count). The largest absolute Gasteiger partial charge is 0.487 e. The summed E-state index contributed by atoms with van der Waals surface area (Å²) in [4.78, 5) is 23.9. The molecule has 0 saturated carbocycles. The number of carbonyl (C=O) groups excluding carboxylic acids is 2. The highest BCUT2D eigenvalue weighted by atomic mass is 16.5.